The number of urea groups is 1. The van der Waals surface area contributed by atoms with Crippen molar-refractivity contribution in [3.8, 4) is 0 Å². The third-order valence-electron chi connectivity index (χ3n) is 5.18. The molecule has 0 saturated carbocycles. The minimum Gasteiger partial charge on any atom is -0.467 e. The van der Waals surface area contributed by atoms with Crippen molar-refractivity contribution >= 4 is 6.03 Å². The summed E-state index contributed by atoms with van der Waals surface area (Å²) in [5.41, 5.74) is 4.13. The van der Waals surface area contributed by atoms with Gasteiger partial charge in [-0.25, -0.2) is 9.78 Å². The van der Waals surface area contributed by atoms with Crippen LogP contribution in [-0.2, 0) is 19.5 Å². The third kappa shape index (κ3) is 6.09. The predicted octanol–water partition coefficient (Wildman–Crippen LogP) is 4.39. The van der Waals surface area contributed by atoms with Crippen LogP contribution in [0.3, 0.4) is 0 Å². The van der Waals surface area contributed by atoms with Crippen molar-refractivity contribution in [3.63, 3.8) is 0 Å². The van der Waals surface area contributed by atoms with Crippen molar-refractivity contribution < 1.29 is 9.21 Å². The summed E-state index contributed by atoms with van der Waals surface area (Å²) in [4.78, 5) is 34.9. The molecule has 3 aromatic rings. The van der Waals surface area contributed by atoms with Crippen LogP contribution in [0.5, 0.6) is 0 Å². The first-order chi connectivity index (χ1) is 15.0. The summed E-state index contributed by atoms with van der Waals surface area (Å²) in [6.45, 7) is 12.1. The molecule has 0 radical (unpaired) electrons. The van der Waals surface area contributed by atoms with E-state index in [-0.39, 0.29) is 24.7 Å². The van der Waals surface area contributed by atoms with Crippen LogP contribution in [0.2, 0.25) is 0 Å². The molecule has 0 spiro atoms. The molecule has 0 aliphatic rings. The Kier molecular flexibility index (Phi) is 6.87. The first kappa shape index (κ1) is 23.3. The summed E-state index contributed by atoms with van der Waals surface area (Å²) in [5.74, 6) is 1.09. The van der Waals surface area contributed by atoms with Crippen LogP contribution in [-0.4, -0.2) is 26.4 Å². The van der Waals surface area contributed by atoms with Crippen LogP contribution < -0.4 is 10.9 Å². The SMILES string of the molecule is Cc1ccc(C)c(Cc2c(C)nc(CN(Cc3ccco3)C(=O)NC(C)(C)C)[nH]c2=O)c1. The summed E-state index contributed by atoms with van der Waals surface area (Å²) in [6, 6.07) is 9.57. The first-order valence-corrected chi connectivity index (χ1v) is 10.8. The number of carbonyl (C=O) groups is 1. The Balaban J connectivity index is 1.86. The number of aryl methyl sites for hydroxylation is 3. The van der Waals surface area contributed by atoms with Gasteiger partial charge in [0, 0.05) is 23.2 Å². The molecule has 2 N–H and O–H groups in total. The van der Waals surface area contributed by atoms with Crippen LogP contribution in [0.25, 0.3) is 0 Å². The van der Waals surface area contributed by atoms with E-state index in [1.165, 1.54) is 0 Å². The Labute approximate surface area is 188 Å². The van der Waals surface area contributed by atoms with Gasteiger partial charge in [0.05, 0.1) is 19.4 Å². The Morgan fingerprint density at radius 1 is 1.16 bits per heavy atom. The zero-order valence-corrected chi connectivity index (χ0v) is 19.7. The highest BCUT2D eigenvalue weighted by Gasteiger charge is 2.22. The van der Waals surface area contributed by atoms with E-state index in [0.29, 0.717) is 29.3 Å². The topological polar surface area (TPSA) is 91.2 Å². The van der Waals surface area contributed by atoms with Crippen LogP contribution in [0.4, 0.5) is 4.79 Å². The van der Waals surface area contributed by atoms with Gasteiger partial charge in [-0.1, -0.05) is 23.8 Å². The molecule has 3 rings (SSSR count). The number of aromatic nitrogens is 2. The van der Waals surface area contributed by atoms with Crippen molar-refractivity contribution in [3.05, 3.63) is 86.5 Å². The molecule has 7 nitrogen and oxygen atoms in total. The molecule has 0 unspecified atom stereocenters. The van der Waals surface area contributed by atoms with Crippen molar-refractivity contribution in [2.45, 2.75) is 66.6 Å². The predicted molar refractivity (Wildman–Crippen MR) is 125 cm³/mol. The van der Waals surface area contributed by atoms with Crippen molar-refractivity contribution in [2.24, 2.45) is 0 Å². The maximum Gasteiger partial charge on any atom is 0.318 e. The molecule has 0 aliphatic heterocycles. The highest BCUT2D eigenvalue weighted by molar-refractivity contribution is 5.74. The summed E-state index contributed by atoms with van der Waals surface area (Å²) >= 11 is 0. The highest BCUT2D eigenvalue weighted by Crippen LogP contribution is 2.16. The molecule has 7 heteroatoms. The lowest BCUT2D eigenvalue weighted by Crippen LogP contribution is -2.48. The van der Waals surface area contributed by atoms with E-state index in [0.717, 1.165) is 16.7 Å². The number of aromatic amines is 1. The number of H-pyrrole nitrogens is 1. The molecule has 0 fully saturated rings. The van der Waals surface area contributed by atoms with Crippen LogP contribution >= 0.6 is 0 Å². The van der Waals surface area contributed by atoms with Gasteiger partial charge in [-0.15, -0.1) is 0 Å². The fraction of sp³-hybridized carbons (Fsp3) is 0.400. The van der Waals surface area contributed by atoms with E-state index in [1.54, 1.807) is 17.2 Å². The van der Waals surface area contributed by atoms with E-state index >= 15 is 0 Å². The average molecular weight is 437 g/mol. The second-order valence-corrected chi connectivity index (χ2v) is 9.30. The Morgan fingerprint density at radius 3 is 2.53 bits per heavy atom. The number of nitrogens with one attached hydrogen (secondary N) is 2. The second-order valence-electron chi connectivity index (χ2n) is 9.30. The van der Waals surface area contributed by atoms with E-state index in [1.807, 2.05) is 47.6 Å². The molecule has 0 bridgehead atoms. The van der Waals surface area contributed by atoms with Crippen molar-refractivity contribution in [2.75, 3.05) is 0 Å². The Hall–Kier alpha value is -3.35. The van der Waals surface area contributed by atoms with Crippen molar-refractivity contribution in [1.29, 1.82) is 0 Å². The molecular formula is C25H32N4O3. The smallest absolute Gasteiger partial charge is 0.318 e. The van der Waals surface area contributed by atoms with E-state index in [4.69, 9.17) is 4.42 Å². The monoisotopic (exact) mass is 436 g/mol. The van der Waals surface area contributed by atoms with E-state index in [2.05, 4.69) is 33.5 Å². The van der Waals surface area contributed by atoms with Crippen LogP contribution in [0, 0.1) is 20.8 Å². The molecule has 170 valence electrons. The summed E-state index contributed by atoms with van der Waals surface area (Å²) < 4.78 is 5.42. The number of amides is 2. The molecule has 2 amide bonds. The normalized spacial score (nSPS) is 11.4. The summed E-state index contributed by atoms with van der Waals surface area (Å²) in [6.07, 6.45) is 2.09. The molecular weight excluding hydrogens is 404 g/mol. The number of hydrogen-bond acceptors (Lipinski definition) is 4. The van der Waals surface area contributed by atoms with Gasteiger partial charge < -0.3 is 19.6 Å². The number of carbonyl (C=O) groups excluding carboxylic acids is 1. The van der Waals surface area contributed by atoms with Gasteiger partial charge in [-0.05, 0) is 64.8 Å². The fourth-order valence-electron chi connectivity index (χ4n) is 3.50. The van der Waals surface area contributed by atoms with E-state index < -0.39 is 5.54 Å². The first-order valence-electron chi connectivity index (χ1n) is 10.8. The number of benzene rings is 1. The molecule has 2 aromatic heterocycles. The zero-order chi connectivity index (χ0) is 23.5. The number of nitrogens with zero attached hydrogens (tertiary/aromatic N) is 2. The third-order valence-corrected chi connectivity index (χ3v) is 5.18. The van der Waals surface area contributed by atoms with Gasteiger partial charge in [0.2, 0.25) is 0 Å². The quantitative estimate of drug-likeness (QED) is 0.600. The highest BCUT2D eigenvalue weighted by atomic mass is 16.3. The Morgan fingerprint density at radius 2 is 1.91 bits per heavy atom. The summed E-state index contributed by atoms with van der Waals surface area (Å²) in [5, 5.41) is 2.96. The van der Waals surface area contributed by atoms with Gasteiger partial charge in [0.25, 0.3) is 5.56 Å². The second kappa shape index (κ2) is 9.42. The minimum absolute atomic E-state index is 0.155. The lowest BCUT2D eigenvalue weighted by Gasteiger charge is -2.27. The van der Waals surface area contributed by atoms with Crippen LogP contribution in [0.15, 0.2) is 45.8 Å². The lowest BCUT2D eigenvalue weighted by atomic mass is 9.98. The molecule has 0 saturated heterocycles. The molecule has 32 heavy (non-hydrogen) atoms. The van der Waals surface area contributed by atoms with Crippen molar-refractivity contribution in [1.82, 2.24) is 20.2 Å². The molecule has 2 heterocycles. The largest absolute Gasteiger partial charge is 0.467 e. The van der Waals surface area contributed by atoms with Gasteiger partial charge in [-0.2, -0.15) is 0 Å². The van der Waals surface area contributed by atoms with Gasteiger partial charge >= 0.3 is 6.03 Å². The maximum absolute atomic E-state index is 12.9. The Bertz CT molecular complexity index is 1140. The molecule has 1 aromatic carbocycles. The fourth-order valence-corrected chi connectivity index (χ4v) is 3.50. The zero-order valence-electron chi connectivity index (χ0n) is 19.7. The van der Waals surface area contributed by atoms with E-state index in [9.17, 15) is 9.59 Å². The van der Waals surface area contributed by atoms with Crippen LogP contribution in [0.1, 0.15) is 60.3 Å². The van der Waals surface area contributed by atoms with Gasteiger partial charge in [-0.3, -0.25) is 4.79 Å². The standard InChI is InChI=1S/C25H32N4O3/c1-16-9-10-17(2)19(12-16)13-21-18(3)26-22(27-23(21)30)15-29(14-20-8-7-11-32-20)24(31)28-25(4,5)6/h7-12H,13-15H2,1-6H3,(H,28,31)(H,26,27,30). The van der Waals surface area contributed by atoms with Gasteiger partial charge in [0.1, 0.15) is 11.6 Å². The number of hydrogen-bond donors (Lipinski definition) is 2. The maximum atomic E-state index is 12.9. The lowest BCUT2D eigenvalue weighted by molar-refractivity contribution is 0.176. The minimum atomic E-state index is -0.398. The molecule has 0 atom stereocenters. The number of furan rings is 1. The summed E-state index contributed by atoms with van der Waals surface area (Å²) in [7, 11) is 0. The number of rotatable bonds is 6. The van der Waals surface area contributed by atoms with Gasteiger partial charge in [0.15, 0.2) is 0 Å². The average Bonchev–Trinajstić information content (AvgIpc) is 3.18. The molecule has 0 aliphatic carbocycles.